The first-order valence-corrected chi connectivity index (χ1v) is 4.72. The van der Waals surface area contributed by atoms with Crippen LogP contribution in [0.5, 0.6) is 0 Å². The molecule has 0 unspecified atom stereocenters. The van der Waals surface area contributed by atoms with Gasteiger partial charge in [-0.1, -0.05) is 0 Å². The molecule has 2 aromatic rings. The smallest absolute Gasteiger partial charge is 0.396 e. The number of methoxy groups -OCH3 is 1. The molecule has 2 aromatic heterocycles. The molecule has 0 saturated heterocycles. The zero-order valence-corrected chi connectivity index (χ0v) is 8.67. The van der Waals surface area contributed by atoms with Crippen LogP contribution >= 0.6 is 0 Å². The molecule has 2 rings (SSSR count). The van der Waals surface area contributed by atoms with E-state index in [1.54, 1.807) is 6.26 Å². The fourth-order valence-corrected chi connectivity index (χ4v) is 1.21. The Kier molecular flexibility index (Phi) is 3.00. The van der Waals surface area contributed by atoms with E-state index in [4.69, 9.17) is 8.83 Å². The monoisotopic (exact) mass is 222 g/mol. The van der Waals surface area contributed by atoms with Gasteiger partial charge in [0.05, 0.1) is 13.4 Å². The van der Waals surface area contributed by atoms with E-state index in [0.717, 1.165) is 5.76 Å². The first-order valence-electron chi connectivity index (χ1n) is 4.72. The van der Waals surface area contributed by atoms with Gasteiger partial charge in [-0.2, -0.15) is 0 Å². The fourth-order valence-electron chi connectivity index (χ4n) is 1.21. The molecule has 0 N–H and O–H groups in total. The third-order valence-electron chi connectivity index (χ3n) is 1.99. The summed E-state index contributed by atoms with van der Waals surface area (Å²) in [4.78, 5) is 11.0. The van der Waals surface area contributed by atoms with Crippen LogP contribution in [-0.2, 0) is 17.6 Å². The highest BCUT2D eigenvalue weighted by Gasteiger charge is 2.14. The van der Waals surface area contributed by atoms with Gasteiger partial charge in [-0.15, -0.1) is 10.2 Å². The molecule has 0 aliphatic rings. The molecular weight excluding hydrogens is 212 g/mol. The largest absolute Gasteiger partial charge is 0.469 e. The summed E-state index contributed by atoms with van der Waals surface area (Å²) in [5.41, 5.74) is 0. The van der Waals surface area contributed by atoms with Crippen LogP contribution in [0.1, 0.15) is 22.3 Å². The lowest BCUT2D eigenvalue weighted by Crippen LogP contribution is -2.00. The number of aromatic nitrogens is 2. The summed E-state index contributed by atoms with van der Waals surface area (Å²) in [5.74, 6) is 0.461. The summed E-state index contributed by atoms with van der Waals surface area (Å²) in [6.07, 6.45) is 2.77. The van der Waals surface area contributed by atoms with Gasteiger partial charge >= 0.3 is 11.9 Å². The second kappa shape index (κ2) is 4.61. The number of hydrogen-bond donors (Lipinski definition) is 0. The Bertz CT molecular complexity index is 461. The summed E-state index contributed by atoms with van der Waals surface area (Å²) in [5, 5.41) is 7.29. The van der Waals surface area contributed by atoms with Crippen molar-refractivity contribution in [3.63, 3.8) is 0 Å². The van der Waals surface area contributed by atoms with E-state index in [9.17, 15) is 4.79 Å². The average molecular weight is 222 g/mol. The highest BCUT2D eigenvalue weighted by molar-refractivity contribution is 5.83. The van der Waals surface area contributed by atoms with Crippen LogP contribution in [0.15, 0.2) is 27.2 Å². The number of rotatable bonds is 4. The number of carbonyl (C=O) groups excluding carboxylic acids is 1. The van der Waals surface area contributed by atoms with Crippen LogP contribution in [0.25, 0.3) is 0 Å². The standard InChI is InChI=1S/C10H10N2O4/c1-14-10(13)9-12-11-8(16-9)5-4-7-3-2-6-15-7/h2-3,6H,4-5H2,1H3. The van der Waals surface area contributed by atoms with Gasteiger partial charge in [-0.3, -0.25) is 0 Å². The highest BCUT2D eigenvalue weighted by Crippen LogP contribution is 2.07. The molecule has 84 valence electrons. The lowest BCUT2D eigenvalue weighted by atomic mass is 10.2. The minimum atomic E-state index is -0.628. The first-order chi connectivity index (χ1) is 7.79. The van der Waals surface area contributed by atoms with Crippen LogP contribution in [0.4, 0.5) is 0 Å². The number of hydrogen-bond acceptors (Lipinski definition) is 6. The minimum Gasteiger partial charge on any atom is -0.469 e. The van der Waals surface area contributed by atoms with E-state index in [-0.39, 0.29) is 5.89 Å². The van der Waals surface area contributed by atoms with Crippen LogP contribution in [0.3, 0.4) is 0 Å². The molecule has 0 aliphatic carbocycles. The van der Waals surface area contributed by atoms with Gasteiger partial charge in [0.15, 0.2) is 0 Å². The summed E-state index contributed by atoms with van der Waals surface area (Å²) in [6, 6.07) is 3.67. The third kappa shape index (κ3) is 2.28. The Morgan fingerprint density at radius 3 is 3.00 bits per heavy atom. The normalized spacial score (nSPS) is 10.3. The quantitative estimate of drug-likeness (QED) is 0.724. The maximum absolute atomic E-state index is 11.0. The predicted octanol–water partition coefficient (Wildman–Crippen LogP) is 1.23. The van der Waals surface area contributed by atoms with Crippen molar-refractivity contribution in [1.29, 1.82) is 0 Å². The van der Waals surface area contributed by atoms with Crippen molar-refractivity contribution in [2.45, 2.75) is 12.8 Å². The molecule has 0 aromatic carbocycles. The van der Waals surface area contributed by atoms with Crippen molar-refractivity contribution < 1.29 is 18.4 Å². The average Bonchev–Trinajstić information content (AvgIpc) is 2.96. The summed E-state index contributed by atoms with van der Waals surface area (Å²) < 4.78 is 14.7. The van der Waals surface area contributed by atoms with E-state index in [0.29, 0.717) is 18.7 Å². The van der Waals surface area contributed by atoms with E-state index >= 15 is 0 Å². The number of nitrogens with zero attached hydrogens (tertiary/aromatic N) is 2. The second-order valence-electron chi connectivity index (χ2n) is 3.07. The van der Waals surface area contributed by atoms with Crippen LogP contribution in [0, 0.1) is 0 Å². The van der Waals surface area contributed by atoms with Crippen molar-refractivity contribution in [1.82, 2.24) is 10.2 Å². The third-order valence-corrected chi connectivity index (χ3v) is 1.99. The van der Waals surface area contributed by atoms with E-state index in [2.05, 4.69) is 14.9 Å². The zero-order valence-electron chi connectivity index (χ0n) is 8.67. The second-order valence-corrected chi connectivity index (χ2v) is 3.07. The lowest BCUT2D eigenvalue weighted by molar-refractivity contribution is 0.0554. The van der Waals surface area contributed by atoms with Gasteiger partial charge in [-0.05, 0) is 12.1 Å². The van der Waals surface area contributed by atoms with E-state index in [1.807, 2.05) is 12.1 Å². The molecule has 0 bridgehead atoms. The number of ether oxygens (including phenoxy) is 1. The predicted molar refractivity (Wildman–Crippen MR) is 51.8 cm³/mol. The Morgan fingerprint density at radius 2 is 2.31 bits per heavy atom. The topological polar surface area (TPSA) is 78.4 Å². The Labute approximate surface area is 91.2 Å². The number of furan rings is 1. The van der Waals surface area contributed by atoms with Crippen LogP contribution < -0.4 is 0 Å². The molecule has 0 fully saturated rings. The highest BCUT2D eigenvalue weighted by atomic mass is 16.5. The Morgan fingerprint density at radius 1 is 1.44 bits per heavy atom. The molecule has 2 heterocycles. The first kappa shape index (κ1) is 10.4. The summed E-state index contributed by atoms with van der Waals surface area (Å²) in [6.45, 7) is 0. The lowest BCUT2D eigenvalue weighted by Gasteiger charge is -1.92. The Hall–Kier alpha value is -2.11. The van der Waals surface area contributed by atoms with Crippen molar-refractivity contribution in [2.24, 2.45) is 0 Å². The van der Waals surface area contributed by atoms with Gasteiger partial charge in [0, 0.05) is 12.8 Å². The molecule has 0 atom stereocenters. The van der Waals surface area contributed by atoms with Gasteiger partial charge in [0.2, 0.25) is 5.89 Å². The van der Waals surface area contributed by atoms with Crippen molar-refractivity contribution in [2.75, 3.05) is 7.11 Å². The summed E-state index contributed by atoms with van der Waals surface area (Å²) >= 11 is 0. The molecule has 6 nitrogen and oxygen atoms in total. The molecule has 0 saturated carbocycles. The molecule has 0 radical (unpaired) electrons. The van der Waals surface area contributed by atoms with Gasteiger partial charge in [0.25, 0.3) is 0 Å². The molecule has 0 aliphatic heterocycles. The van der Waals surface area contributed by atoms with E-state index in [1.165, 1.54) is 7.11 Å². The maximum atomic E-state index is 11.0. The minimum absolute atomic E-state index is 0.128. The number of esters is 1. The molecular formula is C10H10N2O4. The van der Waals surface area contributed by atoms with Crippen molar-refractivity contribution in [3.8, 4) is 0 Å². The molecule has 0 spiro atoms. The summed E-state index contributed by atoms with van der Waals surface area (Å²) in [7, 11) is 1.26. The fraction of sp³-hybridized carbons (Fsp3) is 0.300. The van der Waals surface area contributed by atoms with E-state index < -0.39 is 5.97 Å². The van der Waals surface area contributed by atoms with Gasteiger partial charge in [-0.25, -0.2) is 4.79 Å². The van der Waals surface area contributed by atoms with Crippen LogP contribution in [-0.4, -0.2) is 23.3 Å². The van der Waals surface area contributed by atoms with Crippen molar-refractivity contribution in [3.05, 3.63) is 35.9 Å². The molecule has 0 amide bonds. The SMILES string of the molecule is COC(=O)c1nnc(CCc2ccco2)o1. The maximum Gasteiger partial charge on any atom is 0.396 e. The number of aryl methyl sites for hydroxylation is 2. The molecule has 16 heavy (non-hydrogen) atoms. The molecule has 6 heteroatoms. The van der Waals surface area contributed by atoms with Gasteiger partial charge < -0.3 is 13.6 Å². The van der Waals surface area contributed by atoms with Crippen molar-refractivity contribution >= 4 is 5.97 Å². The Balaban J connectivity index is 1.95. The van der Waals surface area contributed by atoms with Crippen LogP contribution in [0.2, 0.25) is 0 Å². The zero-order chi connectivity index (χ0) is 11.4. The number of carbonyl (C=O) groups is 1. The van der Waals surface area contributed by atoms with Gasteiger partial charge in [0.1, 0.15) is 5.76 Å².